The van der Waals surface area contributed by atoms with E-state index in [-0.39, 0.29) is 23.7 Å². The number of hydrogen-bond donors (Lipinski definition) is 1. The fourth-order valence-corrected chi connectivity index (χ4v) is 4.67. The van der Waals surface area contributed by atoms with Crippen molar-refractivity contribution >= 4 is 21.6 Å². The van der Waals surface area contributed by atoms with Crippen molar-refractivity contribution in [2.75, 3.05) is 13.1 Å². The number of nitrogens with zero attached hydrogens (tertiary/aromatic N) is 2. The smallest absolute Gasteiger partial charge is 0.271 e. The number of carbonyl (C=O) groups excluding carboxylic acids is 1. The van der Waals surface area contributed by atoms with Crippen LogP contribution in [0.15, 0.2) is 17.0 Å². The number of rotatable bonds is 3. The van der Waals surface area contributed by atoms with Crippen molar-refractivity contribution in [2.45, 2.75) is 38.1 Å². The summed E-state index contributed by atoms with van der Waals surface area (Å²) in [5, 5.41) is 13.7. The number of aryl methyl sites for hydroxylation is 1. The fraction of sp³-hybridized carbons (Fsp3) is 0.500. The van der Waals surface area contributed by atoms with Crippen molar-refractivity contribution < 1.29 is 18.1 Å². The van der Waals surface area contributed by atoms with Gasteiger partial charge in [-0.25, -0.2) is 8.42 Å². The molecule has 0 aromatic heterocycles. The first-order chi connectivity index (χ1) is 10.5. The second-order valence-electron chi connectivity index (χ2n) is 6.04. The number of carbonyl (C=O) groups is 1. The lowest BCUT2D eigenvalue weighted by Gasteiger charge is -2.40. The summed E-state index contributed by atoms with van der Waals surface area (Å²) >= 11 is 0. The lowest BCUT2D eigenvalue weighted by molar-refractivity contribution is -0.385. The zero-order valence-electron chi connectivity index (χ0n) is 13.4. The van der Waals surface area contributed by atoms with Gasteiger partial charge in [0.2, 0.25) is 15.9 Å². The standard InChI is InChI=1S/C14H19N3O5S/c1-9-7-11(17(19)20)8-12(10(9)2)23(21,22)16-6-5-15-13(18)14(16,3)4/h7-8H,5-6H2,1-4H3,(H,15,18). The Morgan fingerprint density at radius 3 is 2.48 bits per heavy atom. The van der Waals surface area contributed by atoms with Gasteiger partial charge in [-0.2, -0.15) is 4.31 Å². The Morgan fingerprint density at radius 1 is 1.30 bits per heavy atom. The molecule has 1 heterocycles. The van der Waals surface area contributed by atoms with Crippen LogP contribution in [0, 0.1) is 24.0 Å². The summed E-state index contributed by atoms with van der Waals surface area (Å²) in [7, 11) is -4.04. The molecule has 23 heavy (non-hydrogen) atoms. The third kappa shape index (κ3) is 2.81. The van der Waals surface area contributed by atoms with Crippen LogP contribution >= 0.6 is 0 Å². The summed E-state index contributed by atoms with van der Waals surface area (Å²) in [5.74, 6) is -0.396. The van der Waals surface area contributed by atoms with Crippen molar-refractivity contribution in [2.24, 2.45) is 0 Å². The Bertz CT molecular complexity index is 786. The van der Waals surface area contributed by atoms with Crippen LogP contribution in [0.25, 0.3) is 0 Å². The molecular weight excluding hydrogens is 322 g/mol. The van der Waals surface area contributed by atoms with E-state index in [0.717, 1.165) is 10.4 Å². The van der Waals surface area contributed by atoms with Crippen LogP contribution in [-0.2, 0) is 14.8 Å². The van der Waals surface area contributed by atoms with Gasteiger partial charge in [0.15, 0.2) is 0 Å². The summed E-state index contributed by atoms with van der Waals surface area (Å²) in [6.45, 7) is 6.56. The molecule has 0 unspecified atom stereocenters. The van der Waals surface area contributed by atoms with E-state index in [1.807, 2.05) is 0 Å². The van der Waals surface area contributed by atoms with Crippen LogP contribution in [0.4, 0.5) is 5.69 Å². The number of hydrogen-bond acceptors (Lipinski definition) is 5. The van der Waals surface area contributed by atoms with Gasteiger partial charge >= 0.3 is 0 Å². The summed E-state index contributed by atoms with van der Waals surface area (Å²) in [5.41, 5.74) is -0.595. The van der Waals surface area contributed by atoms with Crippen molar-refractivity contribution in [3.05, 3.63) is 33.4 Å². The van der Waals surface area contributed by atoms with Gasteiger partial charge in [0.1, 0.15) is 5.54 Å². The van der Waals surface area contributed by atoms with Gasteiger partial charge in [-0.15, -0.1) is 0 Å². The second-order valence-corrected chi connectivity index (χ2v) is 7.87. The molecule has 0 spiro atoms. The fourth-order valence-electron chi connectivity index (χ4n) is 2.60. The molecule has 1 N–H and O–H groups in total. The van der Waals surface area contributed by atoms with Crippen molar-refractivity contribution in [3.63, 3.8) is 0 Å². The number of nitro groups is 1. The van der Waals surface area contributed by atoms with Crippen molar-refractivity contribution in [1.82, 2.24) is 9.62 Å². The lowest BCUT2D eigenvalue weighted by Crippen LogP contribution is -2.63. The molecule has 1 saturated heterocycles. The van der Waals surface area contributed by atoms with Crippen LogP contribution in [0.2, 0.25) is 0 Å². The molecule has 1 aliphatic rings. The van der Waals surface area contributed by atoms with Crippen LogP contribution < -0.4 is 5.32 Å². The SMILES string of the molecule is Cc1cc([N+](=O)[O-])cc(S(=O)(=O)N2CCNC(=O)C2(C)C)c1C. The summed E-state index contributed by atoms with van der Waals surface area (Å²) in [6, 6.07) is 2.39. The number of nitrogens with one attached hydrogen (secondary N) is 1. The molecule has 0 atom stereocenters. The predicted octanol–water partition coefficient (Wildman–Crippen LogP) is 1.11. The van der Waals surface area contributed by atoms with E-state index < -0.39 is 26.4 Å². The molecule has 0 bridgehead atoms. The maximum atomic E-state index is 13.0. The third-order valence-electron chi connectivity index (χ3n) is 4.16. The highest BCUT2D eigenvalue weighted by Gasteiger charge is 2.45. The van der Waals surface area contributed by atoms with E-state index in [4.69, 9.17) is 0 Å². The third-order valence-corrected chi connectivity index (χ3v) is 6.36. The van der Waals surface area contributed by atoms with Gasteiger partial charge in [-0.05, 0) is 38.8 Å². The summed E-state index contributed by atoms with van der Waals surface area (Å²) in [6.07, 6.45) is 0. The number of amides is 1. The highest BCUT2D eigenvalue weighted by atomic mass is 32.2. The minimum atomic E-state index is -4.04. The average Bonchev–Trinajstić information content (AvgIpc) is 2.43. The van der Waals surface area contributed by atoms with Gasteiger partial charge in [-0.1, -0.05) is 0 Å². The highest BCUT2D eigenvalue weighted by Crippen LogP contribution is 2.32. The molecule has 1 amide bonds. The maximum Gasteiger partial charge on any atom is 0.271 e. The van der Waals surface area contributed by atoms with Crippen LogP contribution in [0.3, 0.4) is 0 Å². The Labute approximate surface area is 134 Å². The number of non-ortho nitro benzene ring substituents is 1. The zero-order chi connectivity index (χ0) is 17.6. The van der Waals surface area contributed by atoms with Crippen LogP contribution in [-0.4, -0.2) is 42.2 Å². The first-order valence-corrected chi connectivity index (χ1v) is 8.50. The summed E-state index contributed by atoms with van der Waals surface area (Å²) in [4.78, 5) is 22.3. The summed E-state index contributed by atoms with van der Waals surface area (Å²) < 4.78 is 27.1. The molecule has 1 aromatic carbocycles. The Hall–Kier alpha value is -2.00. The Balaban J connectivity index is 2.64. The molecule has 0 saturated carbocycles. The molecule has 1 fully saturated rings. The Morgan fingerprint density at radius 2 is 1.91 bits per heavy atom. The van der Waals surface area contributed by atoms with Crippen molar-refractivity contribution in [1.29, 1.82) is 0 Å². The molecule has 126 valence electrons. The predicted molar refractivity (Wildman–Crippen MR) is 83.6 cm³/mol. The molecule has 2 rings (SSSR count). The average molecular weight is 341 g/mol. The lowest BCUT2D eigenvalue weighted by atomic mass is 10.0. The monoisotopic (exact) mass is 341 g/mol. The molecule has 9 heteroatoms. The van der Waals surface area contributed by atoms with Gasteiger partial charge < -0.3 is 5.32 Å². The minimum Gasteiger partial charge on any atom is -0.353 e. The molecular formula is C14H19N3O5S. The van der Waals surface area contributed by atoms with E-state index in [0.29, 0.717) is 11.1 Å². The van der Waals surface area contributed by atoms with Gasteiger partial charge in [0.05, 0.1) is 9.82 Å². The number of benzene rings is 1. The van der Waals surface area contributed by atoms with Gasteiger partial charge in [-0.3, -0.25) is 14.9 Å². The molecule has 1 aliphatic heterocycles. The largest absolute Gasteiger partial charge is 0.353 e. The van der Waals surface area contributed by atoms with E-state index >= 15 is 0 Å². The first kappa shape index (κ1) is 17.4. The molecule has 0 radical (unpaired) electrons. The second kappa shape index (κ2) is 5.57. The van der Waals surface area contributed by atoms with Crippen LogP contribution in [0.5, 0.6) is 0 Å². The quantitative estimate of drug-likeness (QED) is 0.654. The van der Waals surface area contributed by atoms with Gasteiger partial charge in [0.25, 0.3) is 5.69 Å². The molecule has 8 nitrogen and oxygen atoms in total. The van der Waals surface area contributed by atoms with E-state index in [2.05, 4.69) is 5.32 Å². The van der Waals surface area contributed by atoms with Crippen LogP contribution in [0.1, 0.15) is 25.0 Å². The van der Waals surface area contributed by atoms with Gasteiger partial charge in [0, 0.05) is 25.2 Å². The zero-order valence-corrected chi connectivity index (χ0v) is 14.2. The first-order valence-electron chi connectivity index (χ1n) is 7.06. The van der Waals surface area contributed by atoms with Crippen molar-refractivity contribution in [3.8, 4) is 0 Å². The van der Waals surface area contributed by atoms with E-state index in [1.165, 1.54) is 19.9 Å². The maximum absolute atomic E-state index is 13.0. The highest BCUT2D eigenvalue weighted by molar-refractivity contribution is 7.89. The molecule has 1 aromatic rings. The number of piperazine rings is 1. The van der Waals surface area contributed by atoms with E-state index in [9.17, 15) is 23.3 Å². The number of sulfonamides is 1. The Kier molecular flexibility index (Phi) is 4.20. The van der Waals surface area contributed by atoms with E-state index in [1.54, 1.807) is 13.8 Å². The topological polar surface area (TPSA) is 110 Å². The minimum absolute atomic E-state index is 0.113. The molecule has 0 aliphatic carbocycles. The number of nitro benzene ring substituents is 1. The normalized spacial score (nSPS) is 18.5.